The largest absolute Gasteiger partial charge is 0.383 e. The Hall–Kier alpha value is -0.800. The van der Waals surface area contributed by atoms with E-state index in [1.165, 1.54) is 0 Å². The predicted octanol–water partition coefficient (Wildman–Crippen LogP) is 2.27. The van der Waals surface area contributed by atoms with Gasteiger partial charge in [0, 0.05) is 25.2 Å². The molecule has 1 atom stereocenters. The van der Waals surface area contributed by atoms with E-state index in [-0.39, 0.29) is 6.04 Å². The number of anilines is 1. The summed E-state index contributed by atoms with van der Waals surface area (Å²) in [5.41, 5.74) is 1.06. The number of nitrogens with one attached hydrogen (secondary N) is 1. The Balaban J connectivity index is 2.57. The van der Waals surface area contributed by atoms with Crippen molar-refractivity contribution in [3.63, 3.8) is 0 Å². The minimum atomic E-state index is 0.248. The van der Waals surface area contributed by atoms with Crippen LogP contribution < -0.4 is 5.32 Å². The number of methoxy groups -OCH3 is 1. The minimum absolute atomic E-state index is 0.248. The summed E-state index contributed by atoms with van der Waals surface area (Å²) in [5, 5.41) is 3.22. The fourth-order valence-electron chi connectivity index (χ4n) is 1.18. The highest BCUT2D eigenvalue weighted by atomic mass is 35.5. The van der Waals surface area contributed by atoms with E-state index in [2.05, 4.69) is 10.3 Å². The van der Waals surface area contributed by atoms with Gasteiger partial charge >= 0.3 is 0 Å². The van der Waals surface area contributed by atoms with Crippen molar-refractivity contribution in [3.8, 4) is 0 Å². The van der Waals surface area contributed by atoms with Gasteiger partial charge in [0.15, 0.2) is 0 Å². The van der Waals surface area contributed by atoms with Crippen LogP contribution in [-0.4, -0.2) is 24.7 Å². The number of ether oxygens (including phenoxy) is 1. The highest BCUT2D eigenvalue weighted by molar-refractivity contribution is 6.17. The Bertz CT molecular complexity index is 281. The Labute approximate surface area is 89.4 Å². The van der Waals surface area contributed by atoms with Gasteiger partial charge < -0.3 is 10.1 Å². The summed E-state index contributed by atoms with van der Waals surface area (Å²) in [6, 6.07) is 4.09. The maximum Gasteiger partial charge on any atom is 0.126 e. The van der Waals surface area contributed by atoms with E-state index in [9.17, 15) is 0 Å². The van der Waals surface area contributed by atoms with Crippen molar-refractivity contribution in [2.45, 2.75) is 18.8 Å². The fraction of sp³-hybridized carbons (Fsp3) is 0.500. The second-order valence-corrected chi connectivity index (χ2v) is 3.45. The van der Waals surface area contributed by atoms with Crippen molar-refractivity contribution < 1.29 is 4.74 Å². The van der Waals surface area contributed by atoms with E-state index >= 15 is 0 Å². The first-order valence-corrected chi connectivity index (χ1v) is 5.06. The molecular weight excluding hydrogens is 200 g/mol. The van der Waals surface area contributed by atoms with Crippen molar-refractivity contribution in [1.82, 2.24) is 4.98 Å². The lowest BCUT2D eigenvalue weighted by Gasteiger charge is -2.13. The zero-order valence-electron chi connectivity index (χ0n) is 8.46. The van der Waals surface area contributed by atoms with Gasteiger partial charge in [-0.1, -0.05) is 0 Å². The number of hydrogen-bond donors (Lipinski definition) is 1. The van der Waals surface area contributed by atoms with E-state index in [0.29, 0.717) is 12.5 Å². The minimum Gasteiger partial charge on any atom is -0.383 e. The molecule has 0 fully saturated rings. The molecule has 0 aromatic carbocycles. The molecule has 1 heterocycles. The van der Waals surface area contributed by atoms with Crippen molar-refractivity contribution in [3.05, 3.63) is 23.9 Å². The van der Waals surface area contributed by atoms with Crippen molar-refractivity contribution in [1.29, 1.82) is 0 Å². The van der Waals surface area contributed by atoms with Crippen LogP contribution in [0.4, 0.5) is 5.82 Å². The third-order valence-corrected chi connectivity index (χ3v) is 2.10. The van der Waals surface area contributed by atoms with Gasteiger partial charge in [0.1, 0.15) is 5.82 Å². The number of pyridine rings is 1. The number of aromatic nitrogens is 1. The maximum absolute atomic E-state index is 5.72. The molecule has 0 aliphatic carbocycles. The van der Waals surface area contributed by atoms with Crippen molar-refractivity contribution >= 4 is 17.4 Å². The van der Waals surface area contributed by atoms with Gasteiger partial charge in [-0.3, -0.25) is 0 Å². The van der Waals surface area contributed by atoms with Crippen LogP contribution in [0.25, 0.3) is 0 Å². The van der Waals surface area contributed by atoms with E-state index in [1.54, 1.807) is 13.3 Å². The van der Waals surface area contributed by atoms with Gasteiger partial charge in [0.2, 0.25) is 0 Å². The predicted molar refractivity (Wildman–Crippen MR) is 58.8 cm³/mol. The van der Waals surface area contributed by atoms with Gasteiger partial charge in [-0.05, 0) is 24.6 Å². The van der Waals surface area contributed by atoms with Crippen LogP contribution in [0.3, 0.4) is 0 Å². The summed E-state index contributed by atoms with van der Waals surface area (Å²) in [6.45, 7) is 2.70. The Morgan fingerprint density at radius 3 is 3.07 bits per heavy atom. The number of alkyl halides is 1. The molecule has 78 valence electrons. The zero-order chi connectivity index (χ0) is 10.4. The molecule has 0 spiro atoms. The fourth-order valence-corrected chi connectivity index (χ4v) is 1.35. The van der Waals surface area contributed by atoms with Gasteiger partial charge in [0.25, 0.3) is 0 Å². The van der Waals surface area contributed by atoms with E-state index in [1.807, 2.05) is 19.1 Å². The average Bonchev–Trinajstić information content (AvgIpc) is 2.18. The van der Waals surface area contributed by atoms with Crippen molar-refractivity contribution in [2.75, 3.05) is 19.0 Å². The van der Waals surface area contributed by atoms with Crippen LogP contribution in [0.15, 0.2) is 18.3 Å². The van der Waals surface area contributed by atoms with Crippen molar-refractivity contribution in [2.24, 2.45) is 0 Å². The number of halogens is 1. The Morgan fingerprint density at radius 1 is 1.64 bits per heavy atom. The van der Waals surface area contributed by atoms with Crippen LogP contribution in [0.1, 0.15) is 12.5 Å². The van der Waals surface area contributed by atoms with E-state index in [4.69, 9.17) is 16.3 Å². The smallest absolute Gasteiger partial charge is 0.126 e. The summed E-state index contributed by atoms with van der Waals surface area (Å²) < 4.78 is 5.02. The van der Waals surface area contributed by atoms with Gasteiger partial charge in [0.05, 0.1) is 6.61 Å². The number of nitrogens with zero attached hydrogens (tertiary/aromatic N) is 1. The average molecular weight is 215 g/mol. The molecule has 3 nitrogen and oxygen atoms in total. The first-order chi connectivity index (χ1) is 6.76. The SMILES string of the molecule is COC[C@@H](C)Nc1cc(CCl)ccn1. The molecule has 0 radical (unpaired) electrons. The molecule has 0 aliphatic rings. The van der Waals surface area contributed by atoms with Crippen LogP contribution in [0, 0.1) is 0 Å². The van der Waals surface area contributed by atoms with Gasteiger partial charge in [-0.25, -0.2) is 4.98 Å². The van der Waals surface area contributed by atoms with Crippen LogP contribution in [-0.2, 0) is 10.6 Å². The summed E-state index contributed by atoms with van der Waals surface area (Å²) in [5.74, 6) is 1.35. The topological polar surface area (TPSA) is 34.1 Å². The number of rotatable bonds is 5. The van der Waals surface area contributed by atoms with Gasteiger partial charge in [-0.2, -0.15) is 0 Å². The molecule has 1 N–H and O–H groups in total. The molecule has 0 aliphatic heterocycles. The highest BCUT2D eigenvalue weighted by Crippen LogP contribution is 2.09. The third-order valence-electron chi connectivity index (χ3n) is 1.79. The molecule has 14 heavy (non-hydrogen) atoms. The second kappa shape index (κ2) is 5.83. The lowest BCUT2D eigenvalue weighted by molar-refractivity contribution is 0.190. The highest BCUT2D eigenvalue weighted by Gasteiger charge is 2.02. The molecule has 1 aromatic heterocycles. The molecule has 0 amide bonds. The van der Waals surface area contributed by atoms with Crippen LogP contribution in [0.2, 0.25) is 0 Å². The third kappa shape index (κ3) is 3.52. The first kappa shape index (κ1) is 11.3. The normalized spacial score (nSPS) is 12.5. The molecule has 4 heteroatoms. The zero-order valence-corrected chi connectivity index (χ0v) is 9.21. The second-order valence-electron chi connectivity index (χ2n) is 3.18. The Morgan fingerprint density at radius 2 is 2.43 bits per heavy atom. The summed E-state index contributed by atoms with van der Waals surface area (Å²) in [6.07, 6.45) is 1.75. The maximum atomic E-state index is 5.72. The van der Waals surface area contributed by atoms with Crippen LogP contribution >= 0.6 is 11.6 Å². The summed E-state index contributed by atoms with van der Waals surface area (Å²) in [4.78, 5) is 4.18. The standard InChI is InChI=1S/C10H15ClN2O/c1-8(7-14-2)13-10-5-9(6-11)3-4-12-10/h3-5,8H,6-7H2,1-2H3,(H,12,13)/t8-/m1/s1. The first-order valence-electron chi connectivity index (χ1n) is 4.52. The lowest BCUT2D eigenvalue weighted by Crippen LogP contribution is -2.21. The monoisotopic (exact) mass is 214 g/mol. The van der Waals surface area contributed by atoms with Crippen LogP contribution in [0.5, 0.6) is 0 Å². The molecule has 0 saturated carbocycles. The Kier molecular flexibility index (Phi) is 4.70. The molecule has 1 aromatic rings. The molecule has 0 saturated heterocycles. The van der Waals surface area contributed by atoms with E-state index in [0.717, 1.165) is 11.4 Å². The molecule has 0 bridgehead atoms. The number of hydrogen-bond acceptors (Lipinski definition) is 3. The van der Waals surface area contributed by atoms with E-state index < -0.39 is 0 Å². The van der Waals surface area contributed by atoms with Gasteiger partial charge in [-0.15, -0.1) is 11.6 Å². The molecular formula is C10H15ClN2O. The summed E-state index contributed by atoms with van der Waals surface area (Å²) >= 11 is 5.72. The lowest BCUT2D eigenvalue weighted by atomic mass is 10.3. The summed E-state index contributed by atoms with van der Waals surface area (Å²) in [7, 11) is 1.68. The molecule has 0 unspecified atom stereocenters. The quantitative estimate of drug-likeness (QED) is 0.764. The molecule has 1 rings (SSSR count).